The molecule has 1 saturated carbocycles. The number of nitrogens with one attached hydrogen (secondary N) is 3. The van der Waals surface area contributed by atoms with Crippen LogP contribution in [0.3, 0.4) is 0 Å². The molecule has 36 heavy (non-hydrogen) atoms. The van der Waals surface area contributed by atoms with E-state index in [4.69, 9.17) is 4.74 Å². The zero-order valence-electron chi connectivity index (χ0n) is 19.9. The van der Waals surface area contributed by atoms with E-state index in [9.17, 15) is 22.8 Å². The average Bonchev–Trinajstić information content (AvgIpc) is 3.44. The predicted octanol–water partition coefficient (Wildman–Crippen LogP) is 1.81. The Balaban J connectivity index is 1.10. The molecule has 4 aliphatic rings. The first kappa shape index (κ1) is 25.1. The van der Waals surface area contributed by atoms with Crippen LogP contribution >= 0.6 is 0 Å². The molecule has 0 aromatic heterocycles. The zero-order valence-corrected chi connectivity index (χ0v) is 19.9. The number of hydrogen-bond donors (Lipinski definition) is 3. The molecule has 5 atom stereocenters. The molecular weight excluding hydrogens is 479 g/mol. The number of rotatable bonds is 5. The van der Waals surface area contributed by atoms with Crippen LogP contribution in [0, 0.1) is 17.8 Å². The first-order valence-corrected chi connectivity index (χ1v) is 12.6. The first-order valence-electron chi connectivity index (χ1n) is 12.6. The molecule has 3 unspecified atom stereocenters. The van der Waals surface area contributed by atoms with E-state index in [1.165, 1.54) is 18.2 Å². The number of alkyl halides is 3. The lowest BCUT2D eigenvalue weighted by Gasteiger charge is -2.32. The molecule has 1 aromatic carbocycles. The SMILES string of the molecule is O=C(COc1ccccc1OC(F)(F)F)N1CC[C@@H]2CN(C(=O)C3CCC4NNNC4C3)C[C@@H]2CC1. The summed E-state index contributed by atoms with van der Waals surface area (Å²) in [5.74, 6) is 0.108. The number of amides is 2. The van der Waals surface area contributed by atoms with Gasteiger partial charge >= 0.3 is 6.36 Å². The Kier molecular flexibility index (Phi) is 7.27. The van der Waals surface area contributed by atoms with Crippen LogP contribution in [-0.2, 0) is 9.59 Å². The van der Waals surface area contributed by atoms with E-state index in [1.807, 2.05) is 4.90 Å². The number of carbonyl (C=O) groups excluding carboxylic acids is 2. The molecule has 0 bridgehead atoms. The van der Waals surface area contributed by atoms with Gasteiger partial charge in [0.15, 0.2) is 18.1 Å². The van der Waals surface area contributed by atoms with Crippen molar-refractivity contribution in [1.29, 1.82) is 0 Å². The molecule has 9 nitrogen and oxygen atoms in total. The molecule has 4 fully saturated rings. The predicted molar refractivity (Wildman–Crippen MR) is 122 cm³/mol. The number of halogens is 3. The Labute approximate surface area is 207 Å². The van der Waals surface area contributed by atoms with E-state index in [0.717, 1.165) is 51.3 Å². The molecule has 3 heterocycles. The number of likely N-dealkylation sites (tertiary alicyclic amines) is 2. The van der Waals surface area contributed by atoms with E-state index in [1.54, 1.807) is 4.90 Å². The van der Waals surface area contributed by atoms with Gasteiger partial charge in [0.25, 0.3) is 5.91 Å². The van der Waals surface area contributed by atoms with Crippen LogP contribution < -0.4 is 25.9 Å². The summed E-state index contributed by atoms with van der Waals surface area (Å²) in [7, 11) is 0. The van der Waals surface area contributed by atoms with Gasteiger partial charge in [0, 0.05) is 44.2 Å². The van der Waals surface area contributed by atoms with Crippen LogP contribution in [0.4, 0.5) is 13.2 Å². The lowest BCUT2D eigenvalue weighted by molar-refractivity contribution is -0.275. The quantitative estimate of drug-likeness (QED) is 0.555. The fourth-order valence-corrected chi connectivity index (χ4v) is 6.00. The topological polar surface area (TPSA) is 95.2 Å². The molecule has 1 aromatic rings. The van der Waals surface area contributed by atoms with E-state index >= 15 is 0 Å². The Morgan fingerprint density at radius 2 is 1.58 bits per heavy atom. The normalized spacial score (nSPS) is 30.4. The third-order valence-electron chi connectivity index (χ3n) is 7.92. The van der Waals surface area contributed by atoms with Gasteiger partial charge in [-0.05, 0) is 56.1 Å². The van der Waals surface area contributed by atoms with E-state index < -0.39 is 12.1 Å². The third-order valence-corrected chi connectivity index (χ3v) is 7.92. The highest BCUT2D eigenvalue weighted by molar-refractivity contribution is 5.79. The number of benzene rings is 1. The number of fused-ring (bicyclic) bond motifs is 2. The minimum atomic E-state index is -4.84. The molecule has 1 aliphatic carbocycles. The number of carbonyl (C=O) groups is 2. The number of hydrogen-bond acceptors (Lipinski definition) is 7. The molecule has 3 N–H and O–H groups in total. The van der Waals surface area contributed by atoms with Crippen molar-refractivity contribution < 1.29 is 32.2 Å². The van der Waals surface area contributed by atoms with Gasteiger partial charge < -0.3 is 19.3 Å². The van der Waals surface area contributed by atoms with Crippen LogP contribution in [0.2, 0.25) is 0 Å². The second kappa shape index (κ2) is 10.4. The second-order valence-electron chi connectivity index (χ2n) is 10.1. The van der Waals surface area contributed by atoms with Crippen molar-refractivity contribution in [3.05, 3.63) is 24.3 Å². The Hall–Kier alpha value is -2.57. The summed E-state index contributed by atoms with van der Waals surface area (Å²) in [5, 5.41) is 0. The van der Waals surface area contributed by atoms with Crippen molar-refractivity contribution in [1.82, 2.24) is 26.2 Å². The number of nitrogens with zero attached hydrogens (tertiary/aromatic N) is 2. The maximum Gasteiger partial charge on any atom is 0.573 e. The van der Waals surface area contributed by atoms with Crippen molar-refractivity contribution in [3.8, 4) is 11.5 Å². The fraction of sp³-hybridized carbons (Fsp3) is 0.667. The van der Waals surface area contributed by atoms with Gasteiger partial charge in [-0.3, -0.25) is 9.59 Å². The number of ether oxygens (including phenoxy) is 2. The maximum atomic E-state index is 13.2. The minimum absolute atomic E-state index is 0.0437. The molecule has 12 heteroatoms. The monoisotopic (exact) mass is 511 g/mol. The number of hydrazine groups is 2. The lowest BCUT2D eigenvalue weighted by Crippen LogP contribution is -2.45. The zero-order chi connectivity index (χ0) is 25.3. The Morgan fingerprint density at radius 1 is 0.917 bits per heavy atom. The van der Waals surface area contributed by atoms with Crippen molar-refractivity contribution in [2.24, 2.45) is 17.8 Å². The van der Waals surface area contributed by atoms with Gasteiger partial charge in [-0.25, -0.2) is 10.9 Å². The van der Waals surface area contributed by atoms with Crippen LogP contribution in [0.25, 0.3) is 0 Å². The maximum absolute atomic E-state index is 13.2. The summed E-state index contributed by atoms with van der Waals surface area (Å²) in [6, 6.07) is 6.06. The van der Waals surface area contributed by atoms with Gasteiger partial charge in [-0.1, -0.05) is 12.1 Å². The largest absolute Gasteiger partial charge is 0.573 e. The van der Waals surface area contributed by atoms with Gasteiger partial charge in [-0.2, -0.15) is 5.53 Å². The van der Waals surface area contributed by atoms with Crippen molar-refractivity contribution >= 4 is 11.8 Å². The van der Waals surface area contributed by atoms with Crippen molar-refractivity contribution in [2.45, 2.75) is 50.6 Å². The van der Waals surface area contributed by atoms with Crippen LogP contribution in [0.1, 0.15) is 32.1 Å². The van der Waals surface area contributed by atoms with Gasteiger partial charge in [0.05, 0.1) is 0 Å². The smallest absolute Gasteiger partial charge is 0.480 e. The van der Waals surface area contributed by atoms with Crippen LogP contribution in [0.15, 0.2) is 24.3 Å². The Bertz CT molecular complexity index is 948. The van der Waals surface area contributed by atoms with Gasteiger partial charge in [0.2, 0.25) is 5.91 Å². The highest BCUT2D eigenvalue weighted by Gasteiger charge is 2.42. The van der Waals surface area contributed by atoms with Gasteiger partial charge in [0.1, 0.15) is 0 Å². The molecule has 198 valence electrons. The molecule has 0 spiro atoms. The highest BCUT2D eigenvalue weighted by atomic mass is 19.4. The molecule has 5 rings (SSSR count). The second-order valence-corrected chi connectivity index (χ2v) is 10.1. The summed E-state index contributed by atoms with van der Waals surface area (Å²) < 4.78 is 47.2. The summed E-state index contributed by atoms with van der Waals surface area (Å²) >= 11 is 0. The Morgan fingerprint density at radius 3 is 2.28 bits per heavy atom. The third kappa shape index (κ3) is 5.70. The average molecular weight is 512 g/mol. The molecular formula is C24H32F3N5O4. The summed E-state index contributed by atoms with van der Waals surface area (Å²) in [4.78, 5) is 29.7. The summed E-state index contributed by atoms with van der Waals surface area (Å²) in [6.45, 7) is 2.16. The fourth-order valence-electron chi connectivity index (χ4n) is 6.00. The summed E-state index contributed by atoms with van der Waals surface area (Å²) in [6.07, 6.45) is -0.579. The van der Waals surface area contributed by atoms with Gasteiger partial charge in [-0.15, -0.1) is 13.2 Å². The van der Waals surface area contributed by atoms with Crippen molar-refractivity contribution in [3.63, 3.8) is 0 Å². The van der Waals surface area contributed by atoms with Crippen molar-refractivity contribution in [2.75, 3.05) is 32.8 Å². The number of para-hydroxylation sites is 2. The van der Waals surface area contributed by atoms with E-state index in [-0.39, 0.29) is 36.1 Å². The first-order chi connectivity index (χ1) is 17.3. The molecule has 0 radical (unpaired) electrons. The van der Waals surface area contributed by atoms with Crippen LogP contribution in [-0.4, -0.2) is 72.8 Å². The molecule has 2 amide bonds. The minimum Gasteiger partial charge on any atom is -0.480 e. The summed E-state index contributed by atoms with van der Waals surface area (Å²) in [5.41, 5.74) is 9.37. The van der Waals surface area contributed by atoms with Crippen LogP contribution in [0.5, 0.6) is 11.5 Å². The van der Waals surface area contributed by atoms with E-state index in [0.29, 0.717) is 31.0 Å². The molecule has 3 saturated heterocycles. The highest BCUT2D eigenvalue weighted by Crippen LogP contribution is 2.35. The molecule has 3 aliphatic heterocycles. The lowest BCUT2D eigenvalue weighted by atomic mass is 9.82. The standard InChI is InChI=1S/C24H32F3N5O4/c25-24(26,27)36-21-4-2-1-3-20(21)35-14-22(33)31-9-7-16-12-32(13-17(16)8-10-31)23(34)15-5-6-18-19(11-15)29-30-28-18/h1-4,15-19,28-30H,5-14H2/t15?,16-,17+,18?,19?. The van der Waals surface area contributed by atoms with E-state index in [2.05, 4.69) is 21.1 Å².